The molecule has 2 unspecified atom stereocenters. The summed E-state index contributed by atoms with van der Waals surface area (Å²) in [5.74, 6) is 0. The molecule has 0 aromatic carbocycles. The number of ether oxygens (including phenoxy) is 1. The van der Waals surface area contributed by atoms with Crippen LogP contribution in [0.15, 0.2) is 0 Å². The first-order valence-corrected chi connectivity index (χ1v) is 5.29. The molecule has 76 valence electrons. The number of nitrogens with zero attached hydrogens (tertiary/aromatic N) is 1. The Bertz CT molecular complexity index is 170. The molecule has 2 heterocycles. The van der Waals surface area contributed by atoms with Crippen molar-refractivity contribution in [1.82, 2.24) is 4.90 Å². The van der Waals surface area contributed by atoms with Crippen molar-refractivity contribution < 1.29 is 4.74 Å². The second-order valence-corrected chi connectivity index (χ2v) is 4.62. The minimum atomic E-state index is 0.397. The van der Waals surface area contributed by atoms with Crippen LogP contribution in [0.4, 0.5) is 0 Å². The number of piperidine rings is 1. The van der Waals surface area contributed by atoms with Gasteiger partial charge >= 0.3 is 0 Å². The Kier molecular flexibility index (Phi) is 2.58. The number of nitrogens with two attached hydrogens (primary N) is 1. The fraction of sp³-hybridized carbons (Fsp3) is 1.00. The topological polar surface area (TPSA) is 38.5 Å². The van der Waals surface area contributed by atoms with E-state index in [1.54, 1.807) is 0 Å². The van der Waals surface area contributed by atoms with E-state index in [-0.39, 0.29) is 0 Å². The van der Waals surface area contributed by atoms with Crippen LogP contribution in [0.5, 0.6) is 0 Å². The fourth-order valence-corrected chi connectivity index (χ4v) is 2.83. The number of hydrogen-bond acceptors (Lipinski definition) is 3. The van der Waals surface area contributed by atoms with E-state index < -0.39 is 0 Å². The zero-order chi connectivity index (χ0) is 9.42. The molecule has 2 rings (SSSR count). The fourth-order valence-electron chi connectivity index (χ4n) is 2.83. The highest BCUT2D eigenvalue weighted by Crippen LogP contribution is 2.28. The summed E-state index contributed by atoms with van der Waals surface area (Å²) in [4.78, 5) is 2.59. The minimum Gasteiger partial charge on any atom is -0.378 e. The van der Waals surface area contributed by atoms with E-state index in [9.17, 15) is 0 Å². The van der Waals surface area contributed by atoms with E-state index in [0.717, 1.165) is 26.1 Å². The molecule has 2 aliphatic heterocycles. The largest absolute Gasteiger partial charge is 0.378 e. The number of rotatable bonds is 1. The lowest BCUT2D eigenvalue weighted by Gasteiger charge is -2.49. The monoisotopic (exact) mass is 184 g/mol. The lowest BCUT2D eigenvalue weighted by Crippen LogP contribution is -2.61. The van der Waals surface area contributed by atoms with Crippen LogP contribution in [0.3, 0.4) is 0 Å². The molecule has 0 amide bonds. The highest BCUT2D eigenvalue weighted by Gasteiger charge is 2.38. The van der Waals surface area contributed by atoms with Crippen molar-refractivity contribution in [3.8, 4) is 0 Å². The van der Waals surface area contributed by atoms with Crippen LogP contribution in [-0.2, 0) is 4.74 Å². The summed E-state index contributed by atoms with van der Waals surface area (Å²) in [5.41, 5.74) is 6.01. The van der Waals surface area contributed by atoms with E-state index >= 15 is 0 Å². The van der Waals surface area contributed by atoms with Crippen LogP contribution in [0.25, 0.3) is 0 Å². The summed E-state index contributed by atoms with van der Waals surface area (Å²) in [5, 5.41) is 0. The predicted octanol–water partition coefficient (Wildman–Crippen LogP) is 0.585. The van der Waals surface area contributed by atoms with Gasteiger partial charge in [0.2, 0.25) is 0 Å². The molecule has 3 heteroatoms. The maximum absolute atomic E-state index is 6.01. The van der Waals surface area contributed by atoms with Crippen LogP contribution < -0.4 is 5.73 Å². The Balaban J connectivity index is 2.10. The van der Waals surface area contributed by atoms with Crippen LogP contribution in [0.1, 0.15) is 26.7 Å². The van der Waals surface area contributed by atoms with Crippen LogP contribution in [0.2, 0.25) is 0 Å². The Morgan fingerprint density at radius 2 is 1.77 bits per heavy atom. The highest BCUT2D eigenvalue weighted by molar-refractivity contribution is 4.94. The molecular formula is C10H20N2O. The van der Waals surface area contributed by atoms with Gasteiger partial charge in [-0.2, -0.15) is 0 Å². The molecule has 0 aromatic rings. The summed E-state index contributed by atoms with van der Waals surface area (Å²) in [6, 6.07) is 2.17. The van der Waals surface area contributed by atoms with Gasteiger partial charge in [-0.3, -0.25) is 4.90 Å². The van der Waals surface area contributed by atoms with Gasteiger partial charge in [0.25, 0.3) is 0 Å². The maximum Gasteiger partial charge on any atom is 0.0623 e. The molecule has 2 fully saturated rings. The molecule has 13 heavy (non-hydrogen) atoms. The smallest absolute Gasteiger partial charge is 0.0623 e. The first-order valence-electron chi connectivity index (χ1n) is 5.29. The molecule has 0 spiro atoms. The normalized spacial score (nSPS) is 41.1. The van der Waals surface area contributed by atoms with E-state index in [1.807, 2.05) is 0 Å². The molecule has 2 aliphatic rings. The first-order chi connectivity index (χ1) is 6.18. The number of fused-ring (bicyclic) bond motifs is 2. The van der Waals surface area contributed by atoms with E-state index in [0.29, 0.717) is 24.2 Å². The summed E-state index contributed by atoms with van der Waals surface area (Å²) in [6.45, 7) is 6.29. The first kappa shape index (κ1) is 9.44. The third-order valence-electron chi connectivity index (χ3n) is 3.21. The molecule has 0 saturated carbocycles. The third-order valence-corrected chi connectivity index (χ3v) is 3.21. The molecule has 3 nitrogen and oxygen atoms in total. The molecular weight excluding hydrogens is 164 g/mol. The Morgan fingerprint density at radius 3 is 2.23 bits per heavy atom. The second kappa shape index (κ2) is 3.56. The predicted molar refractivity (Wildman–Crippen MR) is 52.6 cm³/mol. The van der Waals surface area contributed by atoms with Crippen molar-refractivity contribution in [2.45, 2.75) is 50.9 Å². The summed E-state index contributed by atoms with van der Waals surface area (Å²) >= 11 is 0. The van der Waals surface area contributed by atoms with Gasteiger partial charge in [-0.25, -0.2) is 0 Å². The van der Waals surface area contributed by atoms with Crippen molar-refractivity contribution in [3.63, 3.8) is 0 Å². The van der Waals surface area contributed by atoms with Gasteiger partial charge in [-0.15, -0.1) is 0 Å². The number of hydrogen-bond donors (Lipinski definition) is 1. The van der Waals surface area contributed by atoms with Crippen LogP contribution in [0, 0.1) is 0 Å². The van der Waals surface area contributed by atoms with Crippen molar-refractivity contribution in [2.24, 2.45) is 5.73 Å². The van der Waals surface area contributed by atoms with Crippen LogP contribution in [-0.4, -0.2) is 42.3 Å². The van der Waals surface area contributed by atoms with Crippen molar-refractivity contribution in [2.75, 3.05) is 13.2 Å². The van der Waals surface area contributed by atoms with E-state index in [4.69, 9.17) is 10.5 Å². The van der Waals surface area contributed by atoms with Gasteiger partial charge in [0, 0.05) is 24.2 Å². The van der Waals surface area contributed by atoms with Crippen molar-refractivity contribution in [1.29, 1.82) is 0 Å². The average Bonchev–Trinajstić information content (AvgIpc) is 2.01. The van der Waals surface area contributed by atoms with Crippen molar-refractivity contribution in [3.05, 3.63) is 0 Å². The summed E-state index contributed by atoms with van der Waals surface area (Å²) in [6.07, 6.45) is 2.21. The molecule has 2 N–H and O–H groups in total. The maximum atomic E-state index is 6.01. The molecule has 2 saturated heterocycles. The van der Waals surface area contributed by atoms with Gasteiger partial charge in [-0.05, 0) is 26.7 Å². The lowest BCUT2D eigenvalue weighted by molar-refractivity contribution is -0.0914. The summed E-state index contributed by atoms with van der Waals surface area (Å²) in [7, 11) is 0. The quantitative estimate of drug-likeness (QED) is 0.648. The second-order valence-electron chi connectivity index (χ2n) is 4.62. The van der Waals surface area contributed by atoms with E-state index in [2.05, 4.69) is 18.7 Å². The van der Waals surface area contributed by atoms with E-state index in [1.165, 1.54) is 0 Å². The zero-order valence-electron chi connectivity index (χ0n) is 8.57. The standard InChI is InChI=1S/C10H20N2O/c1-7(2)12-9-3-8(11)4-10(12)6-13-5-9/h7-10H,3-6,11H2,1-2H3/t8?,9-,10?/m0/s1. The van der Waals surface area contributed by atoms with Crippen LogP contribution >= 0.6 is 0 Å². The number of morpholine rings is 1. The van der Waals surface area contributed by atoms with Gasteiger partial charge < -0.3 is 10.5 Å². The van der Waals surface area contributed by atoms with Gasteiger partial charge in [0.1, 0.15) is 0 Å². The zero-order valence-corrected chi connectivity index (χ0v) is 8.57. The Labute approximate surface area is 80.2 Å². The molecule has 2 bridgehead atoms. The summed E-state index contributed by atoms with van der Waals surface area (Å²) < 4.78 is 5.57. The molecule has 0 radical (unpaired) electrons. The highest BCUT2D eigenvalue weighted by atomic mass is 16.5. The lowest BCUT2D eigenvalue weighted by atomic mass is 9.89. The Hall–Kier alpha value is -0.120. The molecule has 0 aromatic heterocycles. The Morgan fingerprint density at radius 1 is 1.23 bits per heavy atom. The molecule has 0 aliphatic carbocycles. The average molecular weight is 184 g/mol. The van der Waals surface area contributed by atoms with Gasteiger partial charge in [0.15, 0.2) is 0 Å². The van der Waals surface area contributed by atoms with Crippen molar-refractivity contribution >= 4 is 0 Å². The van der Waals surface area contributed by atoms with Gasteiger partial charge in [0.05, 0.1) is 13.2 Å². The minimum absolute atomic E-state index is 0.397. The molecule has 3 atom stereocenters. The SMILES string of the molecule is CC(C)N1C2COC[C@@H]1CC(N)C2. The third kappa shape index (κ3) is 1.73. The van der Waals surface area contributed by atoms with Gasteiger partial charge in [-0.1, -0.05) is 0 Å².